The second-order valence-corrected chi connectivity index (χ2v) is 18.3. The minimum absolute atomic E-state index is 0.0293. The van der Waals surface area contributed by atoms with Crippen LogP contribution in [-0.2, 0) is 30.8 Å². The van der Waals surface area contributed by atoms with E-state index in [4.69, 9.17) is 14.5 Å². The number of carbonyl (C=O) groups excluding carboxylic acids is 3. The Bertz CT molecular complexity index is 2420. The molecule has 5 aromatic rings. The highest BCUT2D eigenvalue weighted by molar-refractivity contribution is 7.89. The number of aromatic nitrogens is 4. The summed E-state index contributed by atoms with van der Waals surface area (Å²) in [5.41, 5.74) is 5.33. The summed E-state index contributed by atoms with van der Waals surface area (Å²) in [6.07, 6.45) is 2.87. The van der Waals surface area contributed by atoms with Gasteiger partial charge in [0.15, 0.2) is 0 Å². The van der Waals surface area contributed by atoms with E-state index in [0.717, 1.165) is 50.9 Å². The van der Waals surface area contributed by atoms with Gasteiger partial charge in [-0.25, -0.2) is 28.0 Å². The smallest absolute Gasteiger partial charge is 0.407 e. The standard InChI is InChI=1S/C45H57N9O8S/c1-28(2)39(50-44(57)61-6)42(55)53(27-52(5)63(59,60)34-12-9-8-10-13-34)26-38-46-24-35(48-38)32-19-15-30(16-20-32)31-17-21-33(22-18-31)36-25-47-41(49-36)37-14-11-23-54(37)43(56)40(29(3)4)51-45(58)62-7/h8-10,12-13,15-22,24-25,28-29,37,39-40,43,56H,11,14,23,26-27H2,1-7H3,(H,46,48)(H,47,49)(H,50,57)(H,51,58)/t37-,39-,40-,43?/m0/s1. The maximum Gasteiger partial charge on any atom is 0.407 e. The number of hydrogen-bond donors (Lipinski definition) is 5. The lowest BCUT2D eigenvalue weighted by molar-refractivity contribution is -0.136. The van der Waals surface area contributed by atoms with Crippen LogP contribution in [0.15, 0.2) is 96.2 Å². The van der Waals surface area contributed by atoms with E-state index in [9.17, 15) is 27.9 Å². The molecule has 1 unspecified atom stereocenters. The van der Waals surface area contributed by atoms with Crippen molar-refractivity contribution in [3.8, 4) is 33.6 Å². The van der Waals surface area contributed by atoms with Crippen molar-refractivity contribution in [3.05, 3.63) is 103 Å². The average molecular weight is 884 g/mol. The van der Waals surface area contributed by atoms with Crippen molar-refractivity contribution in [2.24, 2.45) is 11.8 Å². The first-order valence-electron chi connectivity index (χ1n) is 20.8. The maximum atomic E-state index is 14.0. The number of amides is 3. The highest BCUT2D eigenvalue weighted by Gasteiger charge is 2.38. The van der Waals surface area contributed by atoms with Crippen LogP contribution >= 0.6 is 0 Å². The molecular formula is C45H57N9O8S. The van der Waals surface area contributed by atoms with E-state index in [1.165, 1.54) is 38.3 Å². The van der Waals surface area contributed by atoms with Crippen LogP contribution in [0.2, 0.25) is 0 Å². The predicted molar refractivity (Wildman–Crippen MR) is 237 cm³/mol. The maximum absolute atomic E-state index is 14.0. The summed E-state index contributed by atoms with van der Waals surface area (Å²) in [4.78, 5) is 57.6. The molecule has 1 aliphatic heterocycles. The van der Waals surface area contributed by atoms with Crippen molar-refractivity contribution in [2.75, 3.05) is 34.5 Å². The zero-order valence-electron chi connectivity index (χ0n) is 36.6. The van der Waals surface area contributed by atoms with Gasteiger partial charge in [-0.2, -0.15) is 4.31 Å². The molecule has 18 heteroatoms. The number of nitrogens with one attached hydrogen (secondary N) is 4. The lowest BCUT2D eigenvalue weighted by atomic mass is 10.0. The number of aromatic amines is 2. The summed E-state index contributed by atoms with van der Waals surface area (Å²) in [5.74, 6) is 0.291. The minimum Gasteiger partial charge on any atom is -0.453 e. The summed E-state index contributed by atoms with van der Waals surface area (Å²) in [5, 5.41) is 16.7. The Balaban J connectivity index is 1.14. The molecule has 336 valence electrons. The number of H-pyrrole nitrogens is 2. The van der Waals surface area contributed by atoms with Gasteiger partial charge < -0.3 is 40.1 Å². The van der Waals surface area contributed by atoms with Crippen LogP contribution < -0.4 is 10.6 Å². The highest BCUT2D eigenvalue weighted by atomic mass is 32.2. The second kappa shape index (κ2) is 20.4. The first-order valence-corrected chi connectivity index (χ1v) is 22.3. The van der Waals surface area contributed by atoms with E-state index in [-0.39, 0.29) is 36.0 Å². The van der Waals surface area contributed by atoms with Crippen molar-refractivity contribution in [2.45, 2.75) is 76.3 Å². The summed E-state index contributed by atoms with van der Waals surface area (Å²) in [6.45, 7) is 7.72. The van der Waals surface area contributed by atoms with Gasteiger partial charge in [-0.1, -0.05) is 94.4 Å². The molecule has 63 heavy (non-hydrogen) atoms. The number of ether oxygens (including phenoxy) is 2. The molecule has 0 aliphatic carbocycles. The van der Waals surface area contributed by atoms with Crippen molar-refractivity contribution < 1.29 is 37.4 Å². The molecule has 3 amide bonds. The summed E-state index contributed by atoms with van der Waals surface area (Å²) >= 11 is 0. The second-order valence-electron chi connectivity index (χ2n) is 16.2. The van der Waals surface area contributed by atoms with Gasteiger partial charge in [0, 0.05) is 13.6 Å². The van der Waals surface area contributed by atoms with Gasteiger partial charge in [0.05, 0.1) is 68.2 Å². The number of benzene rings is 3. The fourth-order valence-corrected chi connectivity index (χ4v) is 8.83. The molecule has 3 heterocycles. The summed E-state index contributed by atoms with van der Waals surface area (Å²) < 4.78 is 37.6. The van der Waals surface area contributed by atoms with Crippen molar-refractivity contribution in [3.63, 3.8) is 0 Å². The Morgan fingerprint density at radius 3 is 1.94 bits per heavy atom. The number of methoxy groups -OCH3 is 2. The Morgan fingerprint density at radius 2 is 1.37 bits per heavy atom. The third-order valence-corrected chi connectivity index (χ3v) is 13.1. The molecule has 0 bridgehead atoms. The van der Waals surface area contributed by atoms with E-state index < -0.39 is 46.4 Å². The third kappa shape index (κ3) is 10.9. The van der Waals surface area contributed by atoms with Gasteiger partial charge >= 0.3 is 12.2 Å². The van der Waals surface area contributed by atoms with E-state index in [2.05, 4.69) is 25.6 Å². The lowest BCUT2D eigenvalue weighted by Gasteiger charge is -2.35. The molecule has 0 spiro atoms. The third-order valence-electron chi connectivity index (χ3n) is 11.3. The van der Waals surface area contributed by atoms with Crippen molar-refractivity contribution in [1.82, 2.24) is 44.7 Å². The Labute approximate surface area is 368 Å². The molecule has 0 saturated carbocycles. The Hall–Kier alpha value is -6.08. The molecule has 1 saturated heterocycles. The highest BCUT2D eigenvalue weighted by Crippen LogP contribution is 2.35. The molecule has 5 N–H and O–H groups in total. The first-order chi connectivity index (χ1) is 30.1. The van der Waals surface area contributed by atoms with Gasteiger partial charge in [-0.3, -0.25) is 9.69 Å². The van der Waals surface area contributed by atoms with E-state index in [1.807, 2.05) is 67.3 Å². The van der Waals surface area contributed by atoms with Crippen molar-refractivity contribution >= 4 is 28.1 Å². The summed E-state index contributed by atoms with van der Waals surface area (Å²) in [7, 11) is -0.0529. The van der Waals surface area contributed by atoms with E-state index in [1.54, 1.807) is 44.4 Å². The first kappa shape index (κ1) is 46.4. The van der Waals surface area contributed by atoms with E-state index >= 15 is 0 Å². The molecule has 17 nitrogen and oxygen atoms in total. The van der Waals surface area contributed by atoms with Crippen LogP contribution in [0.3, 0.4) is 0 Å². The van der Waals surface area contributed by atoms with Gasteiger partial charge in [0.25, 0.3) is 0 Å². The largest absolute Gasteiger partial charge is 0.453 e. The number of sulfonamides is 1. The van der Waals surface area contributed by atoms with Crippen LogP contribution in [0, 0.1) is 11.8 Å². The van der Waals surface area contributed by atoms with Crippen LogP contribution in [0.1, 0.15) is 58.2 Å². The molecule has 2 aromatic heterocycles. The Morgan fingerprint density at radius 1 is 0.810 bits per heavy atom. The molecular weight excluding hydrogens is 827 g/mol. The number of likely N-dealkylation sites (tertiary alicyclic amines) is 1. The SMILES string of the molecule is COC(=O)N[C@@H](C(C)C)C(O)N1CCC[C@H]1c1ncc(-c2ccc(-c3ccc(-c4cnc(CN(CN(C)S(=O)(=O)c5ccccc5)C(=O)[C@@H](NC(=O)OC)C(C)C)[nH]4)cc3)cc2)[nH]1. The molecule has 3 aromatic carbocycles. The zero-order chi connectivity index (χ0) is 45.4. The molecule has 1 aliphatic rings. The van der Waals surface area contributed by atoms with E-state index in [0.29, 0.717) is 18.1 Å². The van der Waals surface area contributed by atoms with Crippen LogP contribution in [0.5, 0.6) is 0 Å². The monoisotopic (exact) mass is 883 g/mol. The lowest BCUT2D eigenvalue weighted by Crippen LogP contribution is -2.54. The van der Waals surface area contributed by atoms with Gasteiger partial charge in [-0.15, -0.1) is 0 Å². The number of carbonyl (C=O) groups is 3. The number of alkyl carbamates (subject to hydrolysis) is 2. The predicted octanol–water partition coefficient (Wildman–Crippen LogP) is 5.96. The fourth-order valence-electron chi connectivity index (χ4n) is 7.68. The van der Waals surface area contributed by atoms with Gasteiger partial charge in [0.1, 0.15) is 23.9 Å². The normalized spacial score (nSPS) is 15.9. The van der Waals surface area contributed by atoms with Crippen LogP contribution in [-0.4, -0.2) is 118 Å². The number of rotatable bonds is 17. The number of aliphatic hydroxyl groups is 1. The number of imidazole rings is 2. The van der Waals surface area contributed by atoms with Crippen LogP contribution in [0.4, 0.5) is 9.59 Å². The Kier molecular flexibility index (Phi) is 15.0. The minimum atomic E-state index is -3.96. The number of aliphatic hydroxyl groups excluding tert-OH is 1. The molecule has 4 atom stereocenters. The average Bonchev–Trinajstić information content (AvgIpc) is 4.09. The van der Waals surface area contributed by atoms with Crippen LogP contribution in [0.25, 0.3) is 33.6 Å². The van der Waals surface area contributed by atoms with Gasteiger partial charge in [0.2, 0.25) is 15.9 Å². The number of hydrogen-bond acceptors (Lipinski definition) is 11. The van der Waals surface area contributed by atoms with Gasteiger partial charge in [-0.05, 0) is 59.1 Å². The number of nitrogens with zero attached hydrogens (tertiary/aromatic N) is 5. The zero-order valence-corrected chi connectivity index (χ0v) is 37.4. The van der Waals surface area contributed by atoms with Crippen molar-refractivity contribution in [1.29, 1.82) is 0 Å². The summed E-state index contributed by atoms with van der Waals surface area (Å²) in [6, 6.07) is 22.4. The quantitative estimate of drug-likeness (QED) is 0.0688. The molecule has 6 rings (SSSR count). The molecule has 1 fully saturated rings. The fraction of sp³-hybridized carbons (Fsp3) is 0.400. The topological polar surface area (TPSA) is 215 Å². The molecule has 0 radical (unpaired) electrons.